The van der Waals surface area contributed by atoms with E-state index < -0.39 is 6.09 Å². The molecule has 2 amide bonds. The molecular formula is C13H24N4O3. The second-order valence-corrected chi connectivity index (χ2v) is 5.34. The molecule has 0 saturated carbocycles. The second kappa shape index (κ2) is 7.44. The van der Waals surface area contributed by atoms with E-state index >= 15 is 0 Å². The van der Waals surface area contributed by atoms with Gasteiger partial charge in [0.1, 0.15) is 0 Å². The molecular weight excluding hydrogens is 260 g/mol. The van der Waals surface area contributed by atoms with Gasteiger partial charge in [-0.25, -0.2) is 4.79 Å². The first kappa shape index (κ1) is 15.1. The molecule has 0 aromatic rings. The number of carbonyl (C=O) groups is 2. The van der Waals surface area contributed by atoms with Gasteiger partial charge in [0.05, 0.1) is 19.7 Å². The molecule has 2 aliphatic heterocycles. The Labute approximate surface area is 119 Å². The minimum absolute atomic E-state index is 0.0113. The molecule has 0 radical (unpaired) electrons. The molecule has 2 heterocycles. The predicted octanol–water partition coefficient (Wildman–Crippen LogP) is -0.761. The maximum absolute atomic E-state index is 12.2. The van der Waals surface area contributed by atoms with Crippen LogP contribution < -0.4 is 10.6 Å². The van der Waals surface area contributed by atoms with E-state index in [1.54, 1.807) is 0 Å². The first-order chi connectivity index (χ1) is 9.69. The smallest absolute Gasteiger partial charge is 0.407 e. The highest BCUT2D eigenvalue weighted by molar-refractivity contribution is 5.78. The number of hydrogen-bond donors (Lipinski definition) is 2. The summed E-state index contributed by atoms with van der Waals surface area (Å²) in [5.74, 6) is 0.154. The molecule has 0 bridgehead atoms. The lowest BCUT2D eigenvalue weighted by atomic mass is 10.3. The van der Waals surface area contributed by atoms with Crippen molar-refractivity contribution < 1.29 is 14.3 Å². The van der Waals surface area contributed by atoms with Gasteiger partial charge in [-0.1, -0.05) is 0 Å². The summed E-state index contributed by atoms with van der Waals surface area (Å²) in [6.45, 7) is 5.63. The third-order valence-corrected chi connectivity index (χ3v) is 3.84. The first-order valence-electron chi connectivity index (χ1n) is 7.24. The Morgan fingerprint density at radius 1 is 1.30 bits per heavy atom. The van der Waals surface area contributed by atoms with Gasteiger partial charge in [-0.3, -0.25) is 9.69 Å². The maximum Gasteiger partial charge on any atom is 0.407 e. The Hall–Kier alpha value is -1.34. The van der Waals surface area contributed by atoms with Crippen LogP contribution in [0.15, 0.2) is 0 Å². The third-order valence-electron chi connectivity index (χ3n) is 3.84. The summed E-state index contributed by atoms with van der Waals surface area (Å²) in [6, 6.07) is 0.0113. The zero-order valence-electron chi connectivity index (χ0n) is 12.1. The lowest BCUT2D eigenvalue weighted by Crippen LogP contribution is -2.42. The molecule has 0 aromatic heterocycles. The quantitative estimate of drug-likeness (QED) is 0.712. The van der Waals surface area contributed by atoms with Crippen molar-refractivity contribution in [2.24, 2.45) is 0 Å². The Morgan fingerprint density at radius 3 is 2.95 bits per heavy atom. The minimum atomic E-state index is -0.428. The Morgan fingerprint density at radius 2 is 2.15 bits per heavy atom. The highest BCUT2D eigenvalue weighted by Gasteiger charge is 2.28. The van der Waals surface area contributed by atoms with Crippen molar-refractivity contribution in [3.05, 3.63) is 0 Å². The van der Waals surface area contributed by atoms with E-state index in [1.807, 2.05) is 4.90 Å². The summed E-state index contributed by atoms with van der Waals surface area (Å²) < 4.78 is 4.57. The molecule has 0 spiro atoms. The molecule has 1 atom stereocenters. The van der Waals surface area contributed by atoms with Crippen LogP contribution in [0.3, 0.4) is 0 Å². The van der Waals surface area contributed by atoms with Gasteiger partial charge in [0, 0.05) is 26.2 Å². The van der Waals surface area contributed by atoms with Crippen molar-refractivity contribution in [3.63, 3.8) is 0 Å². The highest BCUT2D eigenvalue weighted by atomic mass is 16.5. The molecule has 2 saturated heterocycles. The van der Waals surface area contributed by atoms with Gasteiger partial charge in [0.2, 0.25) is 5.91 Å². The average molecular weight is 284 g/mol. The molecule has 1 unspecified atom stereocenters. The summed E-state index contributed by atoms with van der Waals surface area (Å²) in [7, 11) is 1.35. The summed E-state index contributed by atoms with van der Waals surface area (Å²) in [4.78, 5) is 27.4. The van der Waals surface area contributed by atoms with Gasteiger partial charge in [-0.05, 0) is 25.9 Å². The molecule has 7 nitrogen and oxygen atoms in total. The fraction of sp³-hybridized carbons (Fsp3) is 0.846. The van der Waals surface area contributed by atoms with Crippen molar-refractivity contribution in [1.29, 1.82) is 0 Å². The lowest BCUT2D eigenvalue weighted by Gasteiger charge is -2.23. The van der Waals surface area contributed by atoms with Gasteiger partial charge in [-0.15, -0.1) is 0 Å². The van der Waals surface area contributed by atoms with Crippen LogP contribution in [-0.4, -0.2) is 80.8 Å². The zero-order chi connectivity index (χ0) is 14.4. The number of nitrogens with zero attached hydrogens (tertiary/aromatic N) is 2. The number of likely N-dealkylation sites (tertiary alicyclic amines) is 1. The standard InChI is InChI=1S/C13H24N4O3/c1-20-13(19)15-11-3-7-17(9-11)12(18)10-16-6-2-4-14-5-8-16/h11,14H,2-10H2,1H3,(H,15,19). The van der Waals surface area contributed by atoms with Crippen LogP contribution in [0.1, 0.15) is 12.8 Å². The number of amides is 2. The molecule has 114 valence electrons. The summed E-state index contributed by atoms with van der Waals surface area (Å²) in [5.41, 5.74) is 0. The van der Waals surface area contributed by atoms with Gasteiger partial charge in [0.25, 0.3) is 0 Å². The number of hydrogen-bond acceptors (Lipinski definition) is 5. The van der Waals surface area contributed by atoms with Crippen molar-refractivity contribution in [2.75, 3.05) is 52.9 Å². The molecule has 0 aliphatic carbocycles. The molecule has 20 heavy (non-hydrogen) atoms. The summed E-state index contributed by atoms with van der Waals surface area (Å²) in [6.07, 6.45) is 1.45. The maximum atomic E-state index is 12.2. The molecule has 7 heteroatoms. The fourth-order valence-corrected chi connectivity index (χ4v) is 2.68. The fourth-order valence-electron chi connectivity index (χ4n) is 2.68. The van der Waals surface area contributed by atoms with Crippen LogP contribution in [0.2, 0.25) is 0 Å². The van der Waals surface area contributed by atoms with E-state index in [2.05, 4.69) is 20.3 Å². The lowest BCUT2D eigenvalue weighted by molar-refractivity contribution is -0.131. The van der Waals surface area contributed by atoms with Crippen LogP contribution >= 0.6 is 0 Å². The zero-order valence-corrected chi connectivity index (χ0v) is 12.1. The Kier molecular flexibility index (Phi) is 5.60. The minimum Gasteiger partial charge on any atom is -0.453 e. The Bertz CT molecular complexity index is 343. The Balaban J connectivity index is 1.74. The van der Waals surface area contributed by atoms with Crippen LogP contribution in [0.25, 0.3) is 0 Å². The van der Waals surface area contributed by atoms with Gasteiger partial charge >= 0.3 is 6.09 Å². The van der Waals surface area contributed by atoms with E-state index in [-0.39, 0.29) is 11.9 Å². The highest BCUT2D eigenvalue weighted by Crippen LogP contribution is 2.10. The normalized spacial score (nSPS) is 24.2. The molecule has 2 N–H and O–H groups in total. The first-order valence-corrected chi connectivity index (χ1v) is 7.24. The molecule has 2 aliphatic rings. The number of methoxy groups -OCH3 is 1. The number of alkyl carbamates (subject to hydrolysis) is 1. The van der Waals surface area contributed by atoms with E-state index in [0.717, 1.165) is 39.0 Å². The van der Waals surface area contributed by atoms with E-state index in [4.69, 9.17) is 0 Å². The van der Waals surface area contributed by atoms with Crippen molar-refractivity contribution in [3.8, 4) is 0 Å². The average Bonchev–Trinajstić information content (AvgIpc) is 2.75. The summed E-state index contributed by atoms with van der Waals surface area (Å²) in [5, 5.41) is 6.08. The van der Waals surface area contributed by atoms with Gasteiger partial charge in [0.15, 0.2) is 0 Å². The van der Waals surface area contributed by atoms with Crippen LogP contribution in [0, 0.1) is 0 Å². The third kappa shape index (κ3) is 4.35. The van der Waals surface area contributed by atoms with Gasteiger partial charge in [-0.2, -0.15) is 0 Å². The molecule has 2 rings (SSSR count). The van der Waals surface area contributed by atoms with Crippen LogP contribution in [-0.2, 0) is 9.53 Å². The number of carbonyl (C=O) groups excluding carboxylic acids is 2. The van der Waals surface area contributed by atoms with Crippen LogP contribution in [0.4, 0.5) is 4.79 Å². The monoisotopic (exact) mass is 284 g/mol. The number of nitrogens with one attached hydrogen (secondary N) is 2. The molecule has 2 fully saturated rings. The van der Waals surface area contributed by atoms with Gasteiger partial charge < -0.3 is 20.3 Å². The van der Waals surface area contributed by atoms with Crippen molar-refractivity contribution in [2.45, 2.75) is 18.9 Å². The topological polar surface area (TPSA) is 73.9 Å². The number of rotatable bonds is 3. The molecule has 0 aromatic carbocycles. The second-order valence-electron chi connectivity index (χ2n) is 5.34. The van der Waals surface area contributed by atoms with Crippen molar-refractivity contribution >= 4 is 12.0 Å². The number of ether oxygens (including phenoxy) is 1. The largest absolute Gasteiger partial charge is 0.453 e. The SMILES string of the molecule is COC(=O)NC1CCN(C(=O)CN2CCCNCC2)C1. The van der Waals surface area contributed by atoms with E-state index in [9.17, 15) is 9.59 Å². The summed E-state index contributed by atoms with van der Waals surface area (Å²) >= 11 is 0. The predicted molar refractivity (Wildman–Crippen MR) is 74.5 cm³/mol. The van der Waals surface area contributed by atoms with E-state index in [0.29, 0.717) is 19.6 Å². The van der Waals surface area contributed by atoms with E-state index in [1.165, 1.54) is 7.11 Å². The van der Waals surface area contributed by atoms with Crippen LogP contribution in [0.5, 0.6) is 0 Å². The van der Waals surface area contributed by atoms with Crippen molar-refractivity contribution in [1.82, 2.24) is 20.4 Å².